The highest BCUT2D eigenvalue weighted by molar-refractivity contribution is 7.80. The number of benzene rings is 1. The first-order valence-corrected chi connectivity index (χ1v) is 7.18. The molecule has 1 aliphatic rings. The van der Waals surface area contributed by atoms with Gasteiger partial charge in [-0.1, -0.05) is 12.1 Å². The van der Waals surface area contributed by atoms with Gasteiger partial charge in [0.15, 0.2) is 5.11 Å². The molecule has 0 radical (unpaired) electrons. The summed E-state index contributed by atoms with van der Waals surface area (Å²) in [7, 11) is 0. The van der Waals surface area contributed by atoms with Gasteiger partial charge in [0.2, 0.25) is 5.91 Å². The van der Waals surface area contributed by atoms with Crippen molar-refractivity contribution >= 4 is 29.3 Å². The van der Waals surface area contributed by atoms with E-state index >= 15 is 0 Å². The molecule has 0 saturated carbocycles. The Morgan fingerprint density at radius 1 is 1.43 bits per heavy atom. The molecule has 0 aromatic heterocycles. The van der Waals surface area contributed by atoms with Crippen LogP contribution in [-0.4, -0.2) is 30.3 Å². The molecule has 2 N–H and O–H groups in total. The van der Waals surface area contributed by atoms with E-state index in [1.54, 1.807) is 18.2 Å². The van der Waals surface area contributed by atoms with Crippen LogP contribution in [0.2, 0.25) is 0 Å². The van der Waals surface area contributed by atoms with E-state index in [0.29, 0.717) is 6.54 Å². The lowest BCUT2D eigenvalue weighted by Crippen LogP contribution is -2.41. The number of ether oxygens (including phenoxy) is 1. The second-order valence-electron chi connectivity index (χ2n) is 4.72. The molecule has 0 bridgehead atoms. The molecule has 1 aromatic carbocycles. The molecule has 1 aliphatic heterocycles. The minimum absolute atomic E-state index is 0.162. The Hall–Kier alpha value is -1.79. The highest BCUT2D eigenvalue weighted by Crippen LogP contribution is 2.10. The van der Waals surface area contributed by atoms with Gasteiger partial charge in [-0.25, -0.2) is 4.39 Å². The van der Waals surface area contributed by atoms with Crippen molar-refractivity contribution in [2.24, 2.45) is 0 Å². The third kappa shape index (κ3) is 5.61. The van der Waals surface area contributed by atoms with Crippen LogP contribution < -0.4 is 10.6 Å². The van der Waals surface area contributed by atoms with Gasteiger partial charge in [-0.2, -0.15) is 0 Å². The van der Waals surface area contributed by atoms with Gasteiger partial charge in [0, 0.05) is 19.2 Å². The lowest BCUT2D eigenvalue weighted by atomic mass is 10.2. The molecule has 4 nitrogen and oxygen atoms in total. The van der Waals surface area contributed by atoms with Crippen molar-refractivity contribution < 1.29 is 13.9 Å². The Balaban J connectivity index is 1.72. The van der Waals surface area contributed by atoms with Gasteiger partial charge in [-0.3, -0.25) is 10.1 Å². The molecule has 1 unspecified atom stereocenters. The highest BCUT2D eigenvalue weighted by Gasteiger charge is 2.15. The van der Waals surface area contributed by atoms with E-state index in [4.69, 9.17) is 17.0 Å². The summed E-state index contributed by atoms with van der Waals surface area (Å²) in [6.07, 6.45) is 5.18. The van der Waals surface area contributed by atoms with Crippen molar-refractivity contribution in [2.45, 2.75) is 18.9 Å². The Labute approximate surface area is 128 Å². The van der Waals surface area contributed by atoms with Crippen molar-refractivity contribution in [3.8, 4) is 0 Å². The Kier molecular flexibility index (Phi) is 5.83. The van der Waals surface area contributed by atoms with E-state index in [9.17, 15) is 9.18 Å². The monoisotopic (exact) mass is 308 g/mol. The molecule has 1 atom stereocenters. The fraction of sp³-hybridized carbons (Fsp3) is 0.333. The quantitative estimate of drug-likeness (QED) is 0.660. The third-order valence-electron chi connectivity index (χ3n) is 3.05. The van der Waals surface area contributed by atoms with Crippen molar-refractivity contribution in [3.63, 3.8) is 0 Å². The van der Waals surface area contributed by atoms with Gasteiger partial charge in [0.25, 0.3) is 0 Å². The van der Waals surface area contributed by atoms with Crippen molar-refractivity contribution in [3.05, 3.63) is 41.7 Å². The first-order valence-electron chi connectivity index (χ1n) is 6.77. The second kappa shape index (κ2) is 7.85. The van der Waals surface area contributed by atoms with Crippen LogP contribution in [0.4, 0.5) is 4.39 Å². The van der Waals surface area contributed by atoms with Crippen LogP contribution in [0.25, 0.3) is 6.08 Å². The maximum Gasteiger partial charge on any atom is 0.250 e. The minimum atomic E-state index is -0.329. The summed E-state index contributed by atoms with van der Waals surface area (Å²) < 4.78 is 18.2. The van der Waals surface area contributed by atoms with Crippen LogP contribution in [0, 0.1) is 5.82 Å². The van der Waals surface area contributed by atoms with Crippen molar-refractivity contribution in [1.82, 2.24) is 10.6 Å². The van der Waals surface area contributed by atoms with E-state index in [1.165, 1.54) is 18.2 Å². The van der Waals surface area contributed by atoms with Crippen molar-refractivity contribution in [2.75, 3.05) is 13.2 Å². The number of rotatable bonds is 4. The van der Waals surface area contributed by atoms with Crippen LogP contribution >= 0.6 is 12.2 Å². The molecule has 1 heterocycles. The van der Waals surface area contributed by atoms with Gasteiger partial charge in [0.1, 0.15) is 5.82 Å². The van der Waals surface area contributed by atoms with Gasteiger partial charge < -0.3 is 10.1 Å². The summed E-state index contributed by atoms with van der Waals surface area (Å²) >= 11 is 5.03. The number of carbonyl (C=O) groups excluding carboxylic acids is 1. The molecule has 21 heavy (non-hydrogen) atoms. The zero-order valence-electron chi connectivity index (χ0n) is 11.5. The summed E-state index contributed by atoms with van der Waals surface area (Å²) in [5.74, 6) is -0.639. The predicted octanol–water partition coefficient (Wildman–Crippen LogP) is 2.01. The molecule has 0 aliphatic carbocycles. The van der Waals surface area contributed by atoms with E-state index < -0.39 is 0 Å². The third-order valence-corrected chi connectivity index (χ3v) is 3.29. The maximum absolute atomic E-state index is 12.7. The summed E-state index contributed by atoms with van der Waals surface area (Å²) in [5.41, 5.74) is 0.741. The topological polar surface area (TPSA) is 50.4 Å². The number of nitrogens with one attached hydrogen (secondary N) is 2. The lowest BCUT2D eigenvalue weighted by molar-refractivity contribution is -0.115. The molecule has 0 spiro atoms. The molecular formula is C15H17FN2O2S. The molecule has 1 saturated heterocycles. The van der Waals surface area contributed by atoms with Crippen LogP contribution in [0.5, 0.6) is 0 Å². The fourth-order valence-electron chi connectivity index (χ4n) is 1.96. The molecule has 1 aromatic rings. The number of thiocarbonyl (C=S) groups is 1. The molecule has 112 valence electrons. The van der Waals surface area contributed by atoms with E-state index in [2.05, 4.69) is 10.6 Å². The summed E-state index contributed by atoms with van der Waals surface area (Å²) in [6, 6.07) is 5.86. The first-order chi connectivity index (χ1) is 10.1. The van der Waals surface area contributed by atoms with Gasteiger partial charge >= 0.3 is 0 Å². The smallest absolute Gasteiger partial charge is 0.250 e. The average Bonchev–Trinajstić information content (AvgIpc) is 2.98. The van der Waals surface area contributed by atoms with Crippen LogP contribution in [0.3, 0.4) is 0 Å². The lowest BCUT2D eigenvalue weighted by Gasteiger charge is -2.12. The molecule has 1 amide bonds. The van der Waals surface area contributed by atoms with Crippen LogP contribution in [0.1, 0.15) is 18.4 Å². The number of carbonyl (C=O) groups is 1. The first kappa shape index (κ1) is 15.6. The van der Waals surface area contributed by atoms with E-state index in [0.717, 1.165) is 25.0 Å². The standard InChI is InChI=1S/C15H17FN2O2S/c16-12-6-3-11(4-7-12)5-8-14(19)18-15(21)17-10-13-2-1-9-20-13/h3-8,13H,1-2,9-10H2,(H2,17,18,19,21)/b8-5+. The molecule has 1 fully saturated rings. The number of halogens is 1. The zero-order valence-corrected chi connectivity index (χ0v) is 12.3. The highest BCUT2D eigenvalue weighted by atomic mass is 32.1. The largest absolute Gasteiger partial charge is 0.376 e. The maximum atomic E-state index is 12.7. The molecule has 6 heteroatoms. The van der Waals surface area contributed by atoms with Gasteiger partial charge in [0.05, 0.1) is 6.10 Å². The van der Waals surface area contributed by atoms with Gasteiger partial charge in [-0.15, -0.1) is 0 Å². The van der Waals surface area contributed by atoms with E-state index in [1.807, 2.05) is 0 Å². The number of amides is 1. The molecule has 2 rings (SSSR count). The Morgan fingerprint density at radius 3 is 2.86 bits per heavy atom. The fourth-order valence-corrected chi connectivity index (χ4v) is 2.14. The van der Waals surface area contributed by atoms with Crippen molar-refractivity contribution in [1.29, 1.82) is 0 Å². The second-order valence-corrected chi connectivity index (χ2v) is 5.13. The van der Waals surface area contributed by atoms with Crippen LogP contribution in [0.15, 0.2) is 30.3 Å². The molecular weight excluding hydrogens is 291 g/mol. The summed E-state index contributed by atoms with van der Waals surface area (Å²) in [4.78, 5) is 11.7. The zero-order chi connectivity index (χ0) is 15.1. The summed E-state index contributed by atoms with van der Waals surface area (Å²) in [5, 5.41) is 5.78. The SMILES string of the molecule is O=C(/C=C/c1ccc(F)cc1)NC(=S)NCC1CCCO1. The average molecular weight is 308 g/mol. The minimum Gasteiger partial charge on any atom is -0.376 e. The van der Waals surface area contributed by atoms with Gasteiger partial charge in [-0.05, 0) is 48.8 Å². The predicted molar refractivity (Wildman–Crippen MR) is 83.2 cm³/mol. The van der Waals surface area contributed by atoms with Crippen LogP contribution in [-0.2, 0) is 9.53 Å². The summed E-state index contributed by atoms with van der Waals surface area (Å²) in [6.45, 7) is 1.38. The number of hydrogen-bond acceptors (Lipinski definition) is 3. The van der Waals surface area contributed by atoms with E-state index in [-0.39, 0.29) is 22.9 Å². The Bertz CT molecular complexity index is 525. The number of hydrogen-bond donors (Lipinski definition) is 2. The Morgan fingerprint density at radius 2 is 2.19 bits per heavy atom. The normalized spacial score (nSPS) is 17.9.